The van der Waals surface area contributed by atoms with Gasteiger partial charge < -0.3 is 16.2 Å². The molecule has 0 fully saturated rings. The van der Waals surface area contributed by atoms with E-state index in [2.05, 4.69) is 5.32 Å². The van der Waals surface area contributed by atoms with Gasteiger partial charge >= 0.3 is 0 Å². The monoisotopic (exact) mass is 230 g/mol. The number of hydrogen-bond acceptors (Lipinski definition) is 3. The van der Waals surface area contributed by atoms with Gasteiger partial charge in [0.2, 0.25) is 0 Å². The van der Waals surface area contributed by atoms with Crippen LogP contribution in [0.5, 0.6) is 0 Å². The average Bonchev–Trinajstić information content (AvgIpc) is 2.20. The maximum absolute atomic E-state index is 13.1. The maximum Gasteiger partial charge on any atom is 0.151 e. The van der Waals surface area contributed by atoms with E-state index in [9.17, 15) is 13.9 Å². The molecule has 0 saturated heterocycles. The summed E-state index contributed by atoms with van der Waals surface area (Å²) in [5, 5.41) is 12.2. The van der Waals surface area contributed by atoms with Gasteiger partial charge in [0.1, 0.15) is 5.82 Å². The van der Waals surface area contributed by atoms with Gasteiger partial charge in [-0.3, -0.25) is 0 Å². The summed E-state index contributed by atoms with van der Waals surface area (Å²) < 4.78 is 25.9. The summed E-state index contributed by atoms with van der Waals surface area (Å²) in [6.45, 7) is 3.90. The van der Waals surface area contributed by atoms with Crippen LogP contribution in [-0.4, -0.2) is 17.8 Å². The van der Waals surface area contributed by atoms with Crippen molar-refractivity contribution >= 4 is 11.4 Å². The molecule has 0 heterocycles. The van der Waals surface area contributed by atoms with Gasteiger partial charge in [-0.05, 0) is 12.0 Å². The van der Waals surface area contributed by atoms with E-state index < -0.39 is 17.7 Å². The number of aliphatic hydroxyl groups is 1. The van der Waals surface area contributed by atoms with Crippen molar-refractivity contribution < 1.29 is 13.9 Å². The van der Waals surface area contributed by atoms with Crippen LogP contribution in [0.2, 0.25) is 0 Å². The van der Waals surface area contributed by atoms with Crippen LogP contribution in [0.15, 0.2) is 12.1 Å². The maximum atomic E-state index is 13.1. The highest BCUT2D eigenvalue weighted by atomic mass is 19.1. The molecule has 0 saturated carbocycles. The number of aliphatic hydroxyl groups excluding tert-OH is 1. The molecule has 4 N–H and O–H groups in total. The van der Waals surface area contributed by atoms with Crippen LogP contribution in [0.4, 0.5) is 20.2 Å². The van der Waals surface area contributed by atoms with Crippen LogP contribution in [0.1, 0.15) is 13.8 Å². The van der Waals surface area contributed by atoms with Crippen molar-refractivity contribution in [2.45, 2.75) is 20.0 Å². The zero-order valence-corrected chi connectivity index (χ0v) is 9.30. The molecule has 1 unspecified atom stereocenters. The fourth-order valence-corrected chi connectivity index (χ4v) is 1.18. The van der Waals surface area contributed by atoms with Crippen molar-refractivity contribution in [3.05, 3.63) is 23.8 Å². The molecule has 3 nitrogen and oxygen atoms in total. The predicted molar refractivity (Wildman–Crippen MR) is 60.1 cm³/mol. The smallest absolute Gasteiger partial charge is 0.151 e. The number of hydrogen-bond donors (Lipinski definition) is 3. The highest BCUT2D eigenvalue weighted by molar-refractivity contribution is 5.66. The molecule has 16 heavy (non-hydrogen) atoms. The molecule has 0 bridgehead atoms. The Kier molecular flexibility index (Phi) is 4.06. The Morgan fingerprint density at radius 1 is 1.38 bits per heavy atom. The molecular weight excluding hydrogens is 214 g/mol. The Hall–Kier alpha value is -1.36. The minimum atomic E-state index is -0.804. The first kappa shape index (κ1) is 12.7. The van der Waals surface area contributed by atoms with Crippen molar-refractivity contribution in [3.63, 3.8) is 0 Å². The van der Waals surface area contributed by atoms with Crippen molar-refractivity contribution in [1.29, 1.82) is 0 Å². The molecular formula is C11H16F2N2O. The molecule has 0 radical (unpaired) electrons. The fourth-order valence-electron chi connectivity index (χ4n) is 1.18. The normalized spacial score (nSPS) is 12.9. The van der Waals surface area contributed by atoms with E-state index in [-0.39, 0.29) is 23.8 Å². The predicted octanol–water partition coefficient (Wildman–Crippen LogP) is 1.98. The third kappa shape index (κ3) is 3.06. The molecule has 0 aliphatic heterocycles. The molecule has 0 aliphatic rings. The number of nitrogens with one attached hydrogen (secondary N) is 1. The molecule has 5 heteroatoms. The second kappa shape index (κ2) is 5.12. The lowest BCUT2D eigenvalue weighted by molar-refractivity contribution is 0.138. The minimum absolute atomic E-state index is 0.0622. The van der Waals surface area contributed by atoms with Gasteiger partial charge in [0, 0.05) is 12.6 Å². The molecule has 0 aromatic heterocycles. The quantitative estimate of drug-likeness (QED) is 0.693. The van der Waals surface area contributed by atoms with Crippen molar-refractivity contribution in [2.75, 3.05) is 17.6 Å². The van der Waals surface area contributed by atoms with Gasteiger partial charge in [-0.15, -0.1) is 0 Å². The molecule has 0 spiro atoms. The van der Waals surface area contributed by atoms with Gasteiger partial charge in [0.15, 0.2) is 5.82 Å². The highest BCUT2D eigenvalue weighted by Gasteiger charge is 2.12. The first-order valence-electron chi connectivity index (χ1n) is 5.08. The zero-order valence-electron chi connectivity index (χ0n) is 9.30. The number of anilines is 2. The van der Waals surface area contributed by atoms with E-state index in [0.717, 1.165) is 12.1 Å². The number of nitrogen functional groups attached to an aromatic ring is 1. The number of halogens is 2. The van der Waals surface area contributed by atoms with E-state index in [1.807, 2.05) is 13.8 Å². The third-order valence-corrected chi connectivity index (χ3v) is 2.37. The second-order valence-electron chi connectivity index (χ2n) is 4.04. The van der Waals surface area contributed by atoms with E-state index >= 15 is 0 Å². The minimum Gasteiger partial charge on any atom is -0.395 e. The average molecular weight is 230 g/mol. The van der Waals surface area contributed by atoms with Crippen LogP contribution in [0.25, 0.3) is 0 Å². The summed E-state index contributed by atoms with van der Waals surface area (Å²) in [5.41, 5.74) is 5.45. The molecule has 1 atom stereocenters. The number of nitrogens with two attached hydrogens (primary N) is 1. The van der Waals surface area contributed by atoms with Crippen molar-refractivity contribution in [3.8, 4) is 0 Å². The molecule has 0 aliphatic carbocycles. The van der Waals surface area contributed by atoms with Crippen LogP contribution in [0.3, 0.4) is 0 Å². The molecule has 0 amide bonds. The summed E-state index contributed by atoms with van der Waals surface area (Å²) in [4.78, 5) is 0. The van der Waals surface area contributed by atoms with Gasteiger partial charge in [-0.2, -0.15) is 0 Å². The summed E-state index contributed by atoms with van der Waals surface area (Å²) >= 11 is 0. The Morgan fingerprint density at radius 2 is 2.00 bits per heavy atom. The lowest BCUT2D eigenvalue weighted by Crippen LogP contribution is -2.25. The molecule has 90 valence electrons. The first-order valence-corrected chi connectivity index (χ1v) is 5.08. The third-order valence-electron chi connectivity index (χ3n) is 2.37. The highest BCUT2D eigenvalue weighted by Crippen LogP contribution is 2.23. The van der Waals surface area contributed by atoms with Crippen LogP contribution in [-0.2, 0) is 0 Å². The fraction of sp³-hybridized carbons (Fsp3) is 0.455. The Balaban J connectivity index is 2.74. The van der Waals surface area contributed by atoms with Gasteiger partial charge in [-0.1, -0.05) is 13.8 Å². The van der Waals surface area contributed by atoms with Gasteiger partial charge in [0.05, 0.1) is 17.5 Å². The van der Waals surface area contributed by atoms with Crippen molar-refractivity contribution in [2.24, 2.45) is 5.92 Å². The standard InChI is InChI=1S/C11H16F2N2O/c1-6(2)10(16)5-15-9-4-7(12)3-8(13)11(9)14/h3-4,6,10,15-16H,5,14H2,1-2H3. The summed E-state index contributed by atoms with van der Waals surface area (Å²) in [7, 11) is 0. The number of rotatable bonds is 4. The van der Waals surface area contributed by atoms with E-state index in [1.165, 1.54) is 0 Å². The van der Waals surface area contributed by atoms with Crippen LogP contribution >= 0.6 is 0 Å². The lowest BCUT2D eigenvalue weighted by Gasteiger charge is -2.17. The SMILES string of the molecule is CC(C)C(O)CNc1cc(F)cc(F)c1N. The molecule has 1 aromatic carbocycles. The Morgan fingerprint density at radius 3 is 2.56 bits per heavy atom. The lowest BCUT2D eigenvalue weighted by atomic mass is 10.1. The molecule has 1 rings (SSSR count). The zero-order chi connectivity index (χ0) is 12.3. The summed E-state index contributed by atoms with van der Waals surface area (Å²) in [6.07, 6.45) is -0.592. The van der Waals surface area contributed by atoms with Crippen LogP contribution in [0, 0.1) is 17.6 Å². The van der Waals surface area contributed by atoms with E-state index in [0.29, 0.717) is 0 Å². The second-order valence-corrected chi connectivity index (χ2v) is 4.04. The summed E-state index contributed by atoms with van der Waals surface area (Å²) in [5.74, 6) is -1.44. The van der Waals surface area contributed by atoms with Crippen LogP contribution < -0.4 is 11.1 Å². The van der Waals surface area contributed by atoms with E-state index in [1.54, 1.807) is 0 Å². The Labute approximate surface area is 93.3 Å². The summed E-state index contributed by atoms with van der Waals surface area (Å²) in [6, 6.07) is 1.82. The Bertz CT molecular complexity index is 369. The molecule has 1 aromatic rings. The largest absolute Gasteiger partial charge is 0.395 e. The van der Waals surface area contributed by atoms with E-state index in [4.69, 9.17) is 5.73 Å². The first-order chi connectivity index (χ1) is 7.41. The van der Waals surface area contributed by atoms with Gasteiger partial charge in [0.25, 0.3) is 0 Å². The topological polar surface area (TPSA) is 58.3 Å². The number of benzene rings is 1. The van der Waals surface area contributed by atoms with Crippen molar-refractivity contribution in [1.82, 2.24) is 0 Å². The van der Waals surface area contributed by atoms with Gasteiger partial charge in [-0.25, -0.2) is 8.78 Å².